The molecule has 26 heavy (non-hydrogen) atoms. The number of carbonyl (C=O) groups excluding carboxylic acids is 2. The molecular weight excluding hydrogens is 328 g/mol. The zero-order valence-corrected chi connectivity index (χ0v) is 17.4. The minimum Gasteiger partial charge on any atom is -0.465 e. The average molecular weight is 365 g/mol. The van der Waals surface area contributed by atoms with Crippen LogP contribution in [-0.2, 0) is 19.1 Å². The van der Waals surface area contributed by atoms with Crippen molar-refractivity contribution in [3.05, 3.63) is 12.2 Å². The first-order valence-corrected chi connectivity index (χ1v) is 10.0. The van der Waals surface area contributed by atoms with Crippen LogP contribution in [0.4, 0.5) is 0 Å². The van der Waals surface area contributed by atoms with Crippen LogP contribution in [0.5, 0.6) is 0 Å². The van der Waals surface area contributed by atoms with E-state index in [4.69, 9.17) is 9.47 Å². The summed E-state index contributed by atoms with van der Waals surface area (Å²) >= 11 is 0. The number of esters is 2. The van der Waals surface area contributed by atoms with E-state index < -0.39 is 11.0 Å². The van der Waals surface area contributed by atoms with Crippen molar-refractivity contribution in [2.45, 2.75) is 92.1 Å². The van der Waals surface area contributed by atoms with E-state index in [-0.39, 0.29) is 35.8 Å². The standard InChI is InChI=1S/C22H36O4/c1-7-21(12-9-8-10-13-21)26-17(23)11-14-25-18(24)22(15-19(2,3)4)16-20(22,5)6/h9,12H,7-8,10-11,13-16H2,1-6H3. The van der Waals surface area contributed by atoms with Crippen LogP contribution < -0.4 is 0 Å². The van der Waals surface area contributed by atoms with Crippen molar-refractivity contribution < 1.29 is 19.1 Å². The normalized spacial score (nSPS) is 29.9. The van der Waals surface area contributed by atoms with Gasteiger partial charge in [0.05, 0.1) is 11.8 Å². The highest BCUT2D eigenvalue weighted by Crippen LogP contribution is 2.68. The van der Waals surface area contributed by atoms with E-state index in [1.807, 2.05) is 13.0 Å². The molecule has 4 heteroatoms. The van der Waals surface area contributed by atoms with Crippen LogP contribution in [0.1, 0.15) is 86.5 Å². The Labute approximate surface area is 158 Å². The van der Waals surface area contributed by atoms with E-state index in [9.17, 15) is 9.59 Å². The lowest BCUT2D eigenvalue weighted by Crippen LogP contribution is -2.34. The molecule has 0 spiro atoms. The summed E-state index contributed by atoms with van der Waals surface area (Å²) in [6.07, 6.45) is 9.61. The van der Waals surface area contributed by atoms with Crippen molar-refractivity contribution in [2.75, 3.05) is 6.61 Å². The summed E-state index contributed by atoms with van der Waals surface area (Å²) < 4.78 is 11.2. The molecule has 0 aromatic heterocycles. The van der Waals surface area contributed by atoms with Crippen LogP contribution in [0.25, 0.3) is 0 Å². The summed E-state index contributed by atoms with van der Waals surface area (Å²) in [5.74, 6) is -0.445. The van der Waals surface area contributed by atoms with Gasteiger partial charge in [-0.05, 0) is 55.4 Å². The second kappa shape index (κ2) is 7.36. The van der Waals surface area contributed by atoms with Crippen LogP contribution in [0.3, 0.4) is 0 Å². The molecule has 0 bridgehead atoms. The van der Waals surface area contributed by atoms with Crippen LogP contribution in [0, 0.1) is 16.2 Å². The first kappa shape index (κ1) is 21.0. The maximum absolute atomic E-state index is 12.7. The summed E-state index contributed by atoms with van der Waals surface area (Å²) in [5, 5.41) is 0. The topological polar surface area (TPSA) is 52.6 Å². The second-order valence-corrected chi connectivity index (χ2v) is 9.95. The lowest BCUT2D eigenvalue weighted by atomic mass is 9.79. The second-order valence-electron chi connectivity index (χ2n) is 9.95. The van der Waals surface area contributed by atoms with Crippen LogP contribution >= 0.6 is 0 Å². The molecule has 1 saturated carbocycles. The first-order valence-electron chi connectivity index (χ1n) is 10.0. The highest BCUT2D eigenvalue weighted by atomic mass is 16.6. The summed E-state index contributed by atoms with van der Waals surface area (Å²) in [7, 11) is 0. The molecule has 1 fully saturated rings. The Morgan fingerprint density at radius 1 is 1.19 bits per heavy atom. The molecule has 0 aromatic carbocycles. The van der Waals surface area contributed by atoms with Crippen molar-refractivity contribution in [1.82, 2.24) is 0 Å². The number of carbonyl (C=O) groups is 2. The highest BCUT2D eigenvalue weighted by Gasteiger charge is 2.67. The minimum atomic E-state index is -0.467. The Morgan fingerprint density at radius 2 is 1.85 bits per heavy atom. The van der Waals surface area contributed by atoms with E-state index in [1.54, 1.807) is 0 Å². The van der Waals surface area contributed by atoms with Gasteiger partial charge in [-0.3, -0.25) is 9.59 Å². The number of rotatable bonds is 7. The lowest BCUT2D eigenvalue weighted by molar-refractivity contribution is -0.161. The third-order valence-electron chi connectivity index (χ3n) is 5.98. The smallest absolute Gasteiger partial charge is 0.312 e. The van der Waals surface area contributed by atoms with Gasteiger partial charge in [0.25, 0.3) is 0 Å². The molecule has 0 radical (unpaired) electrons. The Morgan fingerprint density at radius 3 is 2.31 bits per heavy atom. The van der Waals surface area contributed by atoms with Crippen molar-refractivity contribution in [3.63, 3.8) is 0 Å². The molecule has 2 atom stereocenters. The molecule has 0 aliphatic heterocycles. The van der Waals surface area contributed by atoms with Crippen molar-refractivity contribution in [3.8, 4) is 0 Å². The maximum Gasteiger partial charge on any atom is 0.312 e. The van der Waals surface area contributed by atoms with E-state index in [2.05, 4.69) is 40.7 Å². The van der Waals surface area contributed by atoms with Crippen LogP contribution in [0.2, 0.25) is 0 Å². The van der Waals surface area contributed by atoms with Gasteiger partial charge in [-0.1, -0.05) is 47.6 Å². The fourth-order valence-corrected chi connectivity index (χ4v) is 4.33. The fraction of sp³-hybridized carbons (Fsp3) is 0.818. The van der Waals surface area contributed by atoms with Gasteiger partial charge >= 0.3 is 11.9 Å². The van der Waals surface area contributed by atoms with E-state index >= 15 is 0 Å². The third-order valence-corrected chi connectivity index (χ3v) is 5.98. The van der Waals surface area contributed by atoms with Crippen LogP contribution in [0.15, 0.2) is 12.2 Å². The summed E-state index contributed by atoms with van der Waals surface area (Å²) in [5.41, 5.74) is -0.846. The molecule has 0 N–H and O–H groups in total. The monoisotopic (exact) mass is 364 g/mol. The number of hydrogen-bond donors (Lipinski definition) is 0. The Kier molecular flexibility index (Phi) is 5.94. The molecule has 4 nitrogen and oxygen atoms in total. The van der Waals surface area contributed by atoms with Gasteiger partial charge in [-0.15, -0.1) is 0 Å². The van der Waals surface area contributed by atoms with Crippen LogP contribution in [-0.4, -0.2) is 24.1 Å². The molecular formula is C22H36O4. The summed E-state index contributed by atoms with van der Waals surface area (Å²) in [4.78, 5) is 25.0. The first-order chi connectivity index (χ1) is 12.0. The molecule has 2 aliphatic rings. The molecule has 2 rings (SSSR count). The van der Waals surface area contributed by atoms with Gasteiger partial charge in [0.15, 0.2) is 0 Å². The Bertz CT molecular complexity index is 569. The van der Waals surface area contributed by atoms with Gasteiger partial charge in [-0.2, -0.15) is 0 Å². The SMILES string of the molecule is CCC1(OC(=O)CCOC(=O)C2(CC(C)(C)C)CC2(C)C)C=CCCC1. The fourth-order valence-electron chi connectivity index (χ4n) is 4.33. The molecule has 0 aromatic rings. The average Bonchev–Trinajstić information content (AvgIpc) is 3.07. The number of hydrogen-bond acceptors (Lipinski definition) is 4. The van der Waals surface area contributed by atoms with E-state index in [0.717, 1.165) is 38.5 Å². The van der Waals surface area contributed by atoms with Gasteiger partial charge in [-0.25, -0.2) is 0 Å². The number of allylic oxidation sites excluding steroid dienone is 1. The van der Waals surface area contributed by atoms with Gasteiger partial charge in [0.2, 0.25) is 0 Å². The van der Waals surface area contributed by atoms with Gasteiger partial charge < -0.3 is 9.47 Å². The van der Waals surface area contributed by atoms with E-state index in [1.165, 1.54) is 0 Å². The lowest BCUT2D eigenvalue weighted by Gasteiger charge is -2.32. The zero-order chi connectivity index (χ0) is 19.6. The molecule has 0 heterocycles. The van der Waals surface area contributed by atoms with Gasteiger partial charge in [0.1, 0.15) is 12.2 Å². The quantitative estimate of drug-likeness (QED) is 0.460. The predicted molar refractivity (Wildman–Crippen MR) is 103 cm³/mol. The minimum absolute atomic E-state index is 0.0307. The highest BCUT2D eigenvalue weighted by molar-refractivity contribution is 5.82. The third kappa shape index (κ3) is 4.69. The summed E-state index contributed by atoms with van der Waals surface area (Å²) in [6.45, 7) is 12.8. The van der Waals surface area contributed by atoms with Gasteiger partial charge in [0, 0.05) is 0 Å². The molecule has 2 unspecified atom stereocenters. The largest absolute Gasteiger partial charge is 0.465 e. The molecule has 148 valence electrons. The molecule has 2 aliphatic carbocycles. The number of ether oxygens (including phenoxy) is 2. The Hall–Kier alpha value is -1.32. The van der Waals surface area contributed by atoms with Crippen molar-refractivity contribution >= 4 is 11.9 Å². The zero-order valence-electron chi connectivity index (χ0n) is 17.4. The predicted octanol–water partition coefficient (Wildman–Crippen LogP) is 5.20. The Balaban J connectivity index is 1.85. The summed E-state index contributed by atoms with van der Waals surface area (Å²) in [6, 6.07) is 0. The van der Waals surface area contributed by atoms with Crippen molar-refractivity contribution in [1.29, 1.82) is 0 Å². The molecule has 0 saturated heterocycles. The molecule has 0 amide bonds. The van der Waals surface area contributed by atoms with Crippen molar-refractivity contribution in [2.24, 2.45) is 16.2 Å². The van der Waals surface area contributed by atoms with E-state index in [0.29, 0.717) is 0 Å². The maximum atomic E-state index is 12.7.